The molecular weight excluding hydrogens is 412 g/mol. The zero-order valence-electron chi connectivity index (χ0n) is 18.0. The number of rotatable bonds is 5. The smallest absolute Gasteiger partial charge is 0.271 e. The van der Waals surface area contributed by atoms with E-state index >= 15 is 0 Å². The highest BCUT2D eigenvalue weighted by Gasteiger charge is 2.34. The van der Waals surface area contributed by atoms with E-state index in [9.17, 15) is 19.7 Å². The molecule has 1 N–H and O–H groups in total. The van der Waals surface area contributed by atoms with Crippen molar-refractivity contribution >= 4 is 28.9 Å². The number of nitrogens with one attached hydrogen (secondary N) is 1. The molecule has 2 aromatic rings. The van der Waals surface area contributed by atoms with Gasteiger partial charge in [-0.05, 0) is 43.9 Å². The van der Waals surface area contributed by atoms with E-state index in [4.69, 9.17) is 4.74 Å². The lowest BCUT2D eigenvalue weighted by Crippen LogP contribution is -2.52. The Labute approximate surface area is 186 Å². The van der Waals surface area contributed by atoms with Crippen LogP contribution >= 0.6 is 0 Å². The quantitative estimate of drug-likeness (QED) is 0.568. The molecule has 32 heavy (non-hydrogen) atoms. The minimum Gasteiger partial charge on any atom is -0.477 e. The number of hydrogen-bond acceptors (Lipinski definition) is 6. The summed E-state index contributed by atoms with van der Waals surface area (Å²) in [5.74, 6) is 0.182. The molecule has 1 saturated heterocycles. The van der Waals surface area contributed by atoms with Gasteiger partial charge in [0.05, 0.1) is 29.4 Å². The number of fused-ring (bicyclic) bond motifs is 1. The molecule has 0 aliphatic carbocycles. The molecule has 168 valence electrons. The van der Waals surface area contributed by atoms with Gasteiger partial charge in [-0.15, -0.1) is 0 Å². The monoisotopic (exact) mass is 438 g/mol. The molecule has 2 aromatic carbocycles. The van der Waals surface area contributed by atoms with Crippen molar-refractivity contribution in [2.45, 2.75) is 32.3 Å². The Balaban J connectivity index is 1.50. The highest BCUT2D eigenvalue weighted by Crippen LogP contribution is 2.33. The molecule has 2 amide bonds. The van der Waals surface area contributed by atoms with E-state index in [0.29, 0.717) is 11.4 Å². The lowest BCUT2D eigenvalue weighted by atomic mass is 10.1. The summed E-state index contributed by atoms with van der Waals surface area (Å²) in [4.78, 5) is 40.1. The Morgan fingerprint density at radius 2 is 1.91 bits per heavy atom. The van der Waals surface area contributed by atoms with Crippen molar-refractivity contribution in [2.75, 3.05) is 36.4 Å². The van der Waals surface area contributed by atoms with Crippen LogP contribution in [-0.2, 0) is 9.59 Å². The van der Waals surface area contributed by atoms with Crippen molar-refractivity contribution in [2.24, 2.45) is 0 Å². The van der Waals surface area contributed by atoms with Crippen LogP contribution in [0.3, 0.4) is 0 Å². The van der Waals surface area contributed by atoms with Gasteiger partial charge in [0, 0.05) is 25.2 Å². The number of non-ortho nitro benzene ring substituents is 1. The van der Waals surface area contributed by atoms with E-state index in [0.717, 1.165) is 43.6 Å². The third kappa shape index (κ3) is 4.66. The number of aryl methyl sites for hydroxylation is 1. The second-order valence-electron chi connectivity index (χ2n) is 8.15. The van der Waals surface area contributed by atoms with Gasteiger partial charge in [0.2, 0.25) is 5.91 Å². The van der Waals surface area contributed by atoms with Gasteiger partial charge in [-0.2, -0.15) is 0 Å². The summed E-state index contributed by atoms with van der Waals surface area (Å²) >= 11 is 0. The van der Waals surface area contributed by atoms with Crippen LogP contribution < -0.4 is 15.0 Å². The molecule has 9 nitrogen and oxygen atoms in total. The van der Waals surface area contributed by atoms with Crippen molar-refractivity contribution in [1.29, 1.82) is 0 Å². The maximum absolute atomic E-state index is 13.0. The lowest BCUT2D eigenvalue weighted by Gasteiger charge is -2.38. The minimum absolute atomic E-state index is 0.00765. The van der Waals surface area contributed by atoms with Gasteiger partial charge < -0.3 is 19.9 Å². The first kappa shape index (κ1) is 21.6. The summed E-state index contributed by atoms with van der Waals surface area (Å²) in [6.07, 6.45) is 2.42. The first-order valence-corrected chi connectivity index (χ1v) is 10.8. The van der Waals surface area contributed by atoms with Crippen LogP contribution in [0.1, 0.15) is 24.8 Å². The number of nitro benzene ring substituents is 1. The predicted octanol–water partition coefficient (Wildman–Crippen LogP) is 3.12. The average molecular weight is 438 g/mol. The standard InChI is InChI=1S/C23H26N4O5/c1-16-9-10-17(27(30)31)13-18(16)24-22(28)15-26-14-21(23(29)25-11-5-2-6-12-25)32-20-8-4-3-7-19(20)26/h3-4,7-10,13,21H,2,5-6,11-12,14-15H2,1H3,(H,24,28)/t21-/m0/s1. The molecule has 2 heterocycles. The topological polar surface area (TPSA) is 105 Å². The number of likely N-dealkylation sites (tertiary alicyclic amines) is 1. The zero-order valence-corrected chi connectivity index (χ0v) is 18.0. The highest BCUT2D eigenvalue weighted by atomic mass is 16.6. The lowest BCUT2D eigenvalue weighted by molar-refractivity contribution is -0.384. The summed E-state index contributed by atoms with van der Waals surface area (Å²) in [7, 11) is 0. The summed E-state index contributed by atoms with van der Waals surface area (Å²) < 4.78 is 6.00. The largest absolute Gasteiger partial charge is 0.477 e. The number of benzene rings is 2. The molecule has 0 unspecified atom stereocenters. The van der Waals surface area contributed by atoms with Gasteiger partial charge in [0.25, 0.3) is 11.6 Å². The highest BCUT2D eigenvalue weighted by molar-refractivity contribution is 5.95. The molecular formula is C23H26N4O5. The molecule has 0 spiro atoms. The average Bonchev–Trinajstić information content (AvgIpc) is 2.80. The van der Waals surface area contributed by atoms with Crippen molar-refractivity contribution in [3.05, 3.63) is 58.1 Å². The van der Waals surface area contributed by atoms with Crippen molar-refractivity contribution < 1.29 is 19.2 Å². The van der Waals surface area contributed by atoms with Crippen molar-refractivity contribution in [1.82, 2.24) is 4.90 Å². The maximum atomic E-state index is 13.0. The van der Waals surface area contributed by atoms with E-state index in [1.807, 2.05) is 28.0 Å². The Morgan fingerprint density at radius 1 is 1.16 bits per heavy atom. The number of anilines is 2. The molecule has 0 aromatic heterocycles. The molecule has 0 saturated carbocycles. The summed E-state index contributed by atoms with van der Waals surface area (Å²) in [5.41, 5.74) is 1.77. The number of piperidine rings is 1. The third-order valence-electron chi connectivity index (χ3n) is 5.85. The predicted molar refractivity (Wildman–Crippen MR) is 120 cm³/mol. The molecule has 9 heteroatoms. The van der Waals surface area contributed by atoms with E-state index in [-0.39, 0.29) is 30.6 Å². The summed E-state index contributed by atoms with van der Waals surface area (Å²) in [6.45, 7) is 3.48. The second kappa shape index (κ2) is 9.25. The number of nitro groups is 1. The fourth-order valence-electron chi connectivity index (χ4n) is 4.12. The molecule has 2 aliphatic rings. The number of carbonyl (C=O) groups excluding carboxylic acids is 2. The fourth-order valence-corrected chi connectivity index (χ4v) is 4.12. The number of carbonyl (C=O) groups is 2. The van der Waals surface area contributed by atoms with E-state index < -0.39 is 11.0 Å². The third-order valence-corrected chi connectivity index (χ3v) is 5.85. The first-order chi connectivity index (χ1) is 15.4. The van der Waals surface area contributed by atoms with Gasteiger partial charge in [-0.1, -0.05) is 18.2 Å². The molecule has 2 aliphatic heterocycles. The fraction of sp³-hybridized carbons (Fsp3) is 0.391. The van der Waals surface area contributed by atoms with Gasteiger partial charge >= 0.3 is 0 Å². The van der Waals surface area contributed by atoms with Gasteiger partial charge in [0.15, 0.2) is 6.10 Å². The van der Waals surface area contributed by atoms with Crippen LogP contribution in [0, 0.1) is 17.0 Å². The van der Waals surface area contributed by atoms with E-state index in [1.165, 1.54) is 12.1 Å². The van der Waals surface area contributed by atoms with Crippen LogP contribution in [0.15, 0.2) is 42.5 Å². The van der Waals surface area contributed by atoms with Gasteiger partial charge in [-0.3, -0.25) is 19.7 Å². The van der Waals surface area contributed by atoms with Crippen LogP contribution in [0.2, 0.25) is 0 Å². The van der Waals surface area contributed by atoms with Crippen LogP contribution in [0.5, 0.6) is 5.75 Å². The minimum atomic E-state index is -0.685. The zero-order chi connectivity index (χ0) is 22.7. The number of nitrogens with zero attached hydrogens (tertiary/aromatic N) is 3. The first-order valence-electron chi connectivity index (χ1n) is 10.8. The summed E-state index contributed by atoms with van der Waals surface area (Å²) in [5, 5.41) is 13.8. The molecule has 4 rings (SSSR count). The molecule has 0 bridgehead atoms. The Morgan fingerprint density at radius 3 is 2.66 bits per heavy atom. The maximum Gasteiger partial charge on any atom is 0.271 e. The van der Waals surface area contributed by atoms with E-state index in [1.54, 1.807) is 19.1 Å². The molecule has 0 radical (unpaired) electrons. The van der Waals surface area contributed by atoms with Crippen LogP contribution in [0.25, 0.3) is 0 Å². The van der Waals surface area contributed by atoms with E-state index in [2.05, 4.69) is 5.32 Å². The number of ether oxygens (including phenoxy) is 1. The van der Waals surface area contributed by atoms with Crippen molar-refractivity contribution in [3.8, 4) is 5.75 Å². The number of amides is 2. The Hall–Kier alpha value is -3.62. The Kier molecular flexibility index (Phi) is 6.25. The summed E-state index contributed by atoms with van der Waals surface area (Å²) in [6, 6.07) is 11.7. The van der Waals surface area contributed by atoms with Crippen LogP contribution in [-0.4, -0.2) is 53.9 Å². The van der Waals surface area contributed by atoms with Gasteiger partial charge in [-0.25, -0.2) is 0 Å². The van der Waals surface area contributed by atoms with Crippen LogP contribution in [0.4, 0.5) is 17.1 Å². The Bertz CT molecular complexity index is 1030. The SMILES string of the molecule is Cc1ccc([N+](=O)[O-])cc1NC(=O)CN1C[C@@H](C(=O)N2CCCCC2)Oc2ccccc21. The molecule has 1 fully saturated rings. The van der Waals surface area contributed by atoms with Gasteiger partial charge in [0.1, 0.15) is 5.75 Å². The number of hydrogen-bond donors (Lipinski definition) is 1. The molecule has 1 atom stereocenters. The normalized spacial score (nSPS) is 17.8. The second-order valence-corrected chi connectivity index (χ2v) is 8.15. The van der Waals surface area contributed by atoms with Crippen molar-refractivity contribution in [3.63, 3.8) is 0 Å². The number of para-hydroxylation sites is 2.